The van der Waals surface area contributed by atoms with E-state index in [-0.39, 0.29) is 0 Å². The molecule has 10 aromatic rings. The van der Waals surface area contributed by atoms with Crippen molar-refractivity contribution in [2.45, 2.75) is 0 Å². The van der Waals surface area contributed by atoms with E-state index in [4.69, 9.17) is 13.8 Å². The quantitative estimate of drug-likeness (QED) is 0.190. The molecule has 0 radical (unpaired) electrons. The molecule has 0 spiro atoms. The average Bonchev–Trinajstić information content (AvgIpc) is 3.78. The minimum Gasteiger partial charge on any atom is -0.456 e. The zero-order valence-electron chi connectivity index (χ0n) is 26.4. The van der Waals surface area contributed by atoms with Crippen molar-refractivity contribution in [3.05, 3.63) is 170 Å². The number of rotatable bonds is 5. The van der Waals surface area contributed by atoms with Crippen molar-refractivity contribution in [3.8, 4) is 22.6 Å². The van der Waals surface area contributed by atoms with Crippen molar-refractivity contribution in [3.63, 3.8) is 0 Å². The standard InChI is InChI=1S/C45H28N2O2/c1-2-9-29(10-3-1)31-17-21-34(22-18-31)47(35-23-19-30-11-4-5-13-33(30)27-35)36-24-25-38-42(28-36)48-41-16-8-15-39(43(38)41)45-46-40-26-20-32-12-6-7-14-37(32)44(40)49-45/h1-28H. The zero-order valence-corrected chi connectivity index (χ0v) is 26.4. The summed E-state index contributed by atoms with van der Waals surface area (Å²) >= 11 is 0. The normalized spacial score (nSPS) is 11.7. The molecule has 0 atom stereocenters. The number of benzene rings is 8. The summed E-state index contributed by atoms with van der Waals surface area (Å²) in [4.78, 5) is 7.22. The third kappa shape index (κ3) is 4.57. The molecular weight excluding hydrogens is 601 g/mol. The first-order chi connectivity index (χ1) is 24.3. The van der Waals surface area contributed by atoms with E-state index in [0.717, 1.165) is 66.4 Å². The molecule has 8 aromatic carbocycles. The Morgan fingerprint density at radius 3 is 2.00 bits per heavy atom. The fraction of sp³-hybridized carbons (Fsp3) is 0. The van der Waals surface area contributed by atoms with Gasteiger partial charge in [-0.3, -0.25) is 0 Å². The van der Waals surface area contributed by atoms with Gasteiger partial charge in [0.25, 0.3) is 0 Å². The van der Waals surface area contributed by atoms with Gasteiger partial charge in [0.2, 0.25) is 5.89 Å². The second-order valence-electron chi connectivity index (χ2n) is 12.4. The lowest BCUT2D eigenvalue weighted by molar-refractivity contribution is 0.623. The van der Waals surface area contributed by atoms with Gasteiger partial charge in [-0.05, 0) is 81.9 Å². The summed E-state index contributed by atoms with van der Waals surface area (Å²) < 4.78 is 13.1. The minimum absolute atomic E-state index is 0.583. The van der Waals surface area contributed by atoms with Crippen LogP contribution in [0.15, 0.2) is 179 Å². The van der Waals surface area contributed by atoms with Crippen LogP contribution in [0.3, 0.4) is 0 Å². The lowest BCUT2D eigenvalue weighted by Crippen LogP contribution is -2.09. The molecule has 0 amide bonds. The van der Waals surface area contributed by atoms with Crippen LogP contribution in [0.4, 0.5) is 17.1 Å². The highest BCUT2D eigenvalue weighted by atomic mass is 16.3. The summed E-state index contributed by atoms with van der Waals surface area (Å²) in [6.07, 6.45) is 0. The van der Waals surface area contributed by atoms with Gasteiger partial charge in [-0.15, -0.1) is 0 Å². The van der Waals surface area contributed by atoms with Crippen LogP contribution in [0.2, 0.25) is 0 Å². The first kappa shape index (κ1) is 27.5. The summed E-state index contributed by atoms with van der Waals surface area (Å²) in [5.41, 5.74) is 9.64. The van der Waals surface area contributed by atoms with Gasteiger partial charge < -0.3 is 13.7 Å². The highest BCUT2D eigenvalue weighted by Crippen LogP contribution is 2.42. The van der Waals surface area contributed by atoms with Crippen molar-refractivity contribution in [2.24, 2.45) is 0 Å². The molecule has 0 N–H and O–H groups in total. The zero-order chi connectivity index (χ0) is 32.3. The first-order valence-corrected chi connectivity index (χ1v) is 16.5. The van der Waals surface area contributed by atoms with Crippen LogP contribution in [-0.2, 0) is 0 Å². The number of hydrogen-bond donors (Lipinski definition) is 0. The number of furan rings is 1. The Kier molecular flexibility index (Phi) is 6.15. The van der Waals surface area contributed by atoms with Gasteiger partial charge in [0.1, 0.15) is 16.7 Å². The lowest BCUT2D eigenvalue weighted by Gasteiger charge is -2.26. The van der Waals surface area contributed by atoms with Crippen LogP contribution in [0.5, 0.6) is 0 Å². The predicted octanol–water partition coefficient (Wildman–Crippen LogP) is 12.8. The van der Waals surface area contributed by atoms with Gasteiger partial charge in [-0.2, -0.15) is 0 Å². The molecule has 0 fully saturated rings. The molecule has 0 saturated carbocycles. The van der Waals surface area contributed by atoms with Gasteiger partial charge in [0, 0.05) is 44.9 Å². The summed E-state index contributed by atoms with van der Waals surface area (Å²) in [6, 6.07) is 59.2. The third-order valence-corrected chi connectivity index (χ3v) is 9.47. The number of nitrogens with zero attached hydrogens (tertiary/aromatic N) is 2. The van der Waals surface area contributed by atoms with E-state index < -0.39 is 0 Å². The predicted molar refractivity (Wildman–Crippen MR) is 202 cm³/mol. The lowest BCUT2D eigenvalue weighted by atomic mass is 10.0. The number of hydrogen-bond acceptors (Lipinski definition) is 4. The van der Waals surface area contributed by atoms with Crippen molar-refractivity contribution >= 4 is 71.6 Å². The van der Waals surface area contributed by atoms with Crippen molar-refractivity contribution in [2.75, 3.05) is 4.90 Å². The van der Waals surface area contributed by atoms with Crippen molar-refractivity contribution < 1.29 is 8.83 Å². The molecular formula is C45H28N2O2. The summed E-state index contributed by atoms with van der Waals surface area (Å²) in [7, 11) is 0. The molecule has 10 rings (SSSR count). The monoisotopic (exact) mass is 628 g/mol. The fourth-order valence-electron chi connectivity index (χ4n) is 7.10. The fourth-order valence-corrected chi connectivity index (χ4v) is 7.10. The molecule has 0 bridgehead atoms. The SMILES string of the molecule is c1ccc(-c2ccc(N(c3ccc4ccccc4c3)c3ccc4c(c3)oc3cccc(-c5nc6ccc7ccccc7c6o5)c34)cc2)cc1. The molecule has 2 aromatic heterocycles. The Balaban J connectivity index is 1.12. The molecule has 230 valence electrons. The van der Waals surface area contributed by atoms with Crippen LogP contribution in [0, 0.1) is 0 Å². The van der Waals surface area contributed by atoms with E-state index in [9.17, 15) is 0 Å². The van der Waals surface area contributed by atoms with Crippen LogP contribution < -0.4 is 4.90 Å². The Labute approximate surface area is 282 Å². The number of anilines is 3. The first-order valence-electron chi connectivity index (χ1n) is 16.5. The van der Waals surface area contributed by atoms with Gasteiger partial charge in [0.05, 0.1) is 0 Å². The summed E-state index contributed by atoms with van der Waals surface area (Å²) in [5.74, 6) is 0.583. The molecule has 0 aliphatic heterocycles. The molecule has 0 aliphatic carbocycles. The molecule has 4 heteroatoms. The maximum absolute atomic E-state index is 6.57. The Hall–Kier alpha value is -6.65. The molecule has 49 heavy (non-hydrogen) atoms. The third-order valence-electron chi connectivity index (χ3n) is 9.47. The van der Waals surface area contributed by atoms with Gasteiger partial charge >= 0.3 is 0 Å². The van der Waals surface area contributed by atoms with E-state index in [1.807, 2.05) is 36.4 Å². The maximum atomic E-state index is 6.57. The van der Waals surface area contributed by atoms with Gasteiger partial charge in [-0.1, -0.05) is 109 Å². The molecule has 4 nitrogen and oxygen atoms in total. The maximum Gasteiger partial charge on any atom is 0.228 e. The Morgan fingerprint density at radius 1 is 0.429 bits per heavy atom. The largest absolute Gasteiger partial charge is 0.456 e. The topological polar surface area (TPSA) is 42.4 Å². The molecule has 0 aliphatic rings. The summed E-state index contributed by atoms with van der Waals surface area (Å²) in [6.45, 7) is 0. The van der Waals surface area contributed by atoms with Gasteiger partial charge in [0.15, 0.2) is 5.58 Å². The van der Waals surface area contributed by atoms with Gasteiger partial charge in [-0.25, -0.2) is 4.98 Å². The van der Waals surface area contributed by atoms with Crippen molar-refractivity contribution in [1.29, 1.82) is 0 Å². The highest BCUT2D eigenvalue weighted by Gasteiger charge is 2.20. The van der Waals surface area contributed by atoms with Crippen LogP contribution >= 0.6 is 0 Å². The van der Waals surface area contributed by atoms with E-state index in [1.54, 1.807) is 0 Å². The minimum atomic E-state index is 0.583. The van der Waals surface area contributed by atoms with E-state index in [0.29, 0.717) is 5.89 Å². The summed E-state index contributed by atoms with van der Waals surface area (Å²) in [5, 5.41) is 6.58. The van der Waals surface area contributed by atoms with Crippen LogP contribution in [0.25, 0.3) is 77.2 Å². The highest BCUT2D eigenvalue weighted by molar-refractivity contribution is 6.13. The molecule has 0 unspecified atom stereocenters. The average molecular weight is 629 g/mol. The Bertz CT molecular complexity index is 2830. The Morgan fingerprint density at radius 2 is 1.12 bits per heavy atom. The van der Waals surface area contributed by atoms with Crippen LogP contribution in [-0.4, -0.2) is 4.98 Å². The number of aromatic nitrogens is 1. The van der Waals surface area contributed by atoms with E-state index in [1.165, 1.54) is 21.9 Å². The number of oxazole rings is 1. The number of fused-ring (bicyclic) bond motifs is 7. The van der Waals surface area contributed by atoms with E-state index in [2.05, 4.69) is 138 Å². The molecule has 2 heterocycles. The second kappa shape index (κ2) is 11.0. The second-order valence-corrected chi connectivity index (χ2v) is 12.4. The van der Waals surface area contributed by atoms with E-state index >= 15 is 0 Å². The van der Waals surface area contributed by atoms with Crippen LogP contribution in [0.1, 0.15) is 0 Å². The molecule has 0 saturated heterocycles. The van der Waals surface area contributed by atoms with Crippen molar-refractivity contribution in [1.82, 2.24) is 4.98 Å². The smallest absolute Gasteiger partial charge is 0.228 e.